The molecular weight excluding hydrogens is 310 g/mol. The van der Waals surface area contributed by atoms with Gasteiger partial charge in [0.25, 0.3) is 5.95 Å². The maximum Gasteiger partial charge on any atom is 0.251 e. The molecule has 0 unspecified atom stereocenters. The van der Waals surface area contributed by atoms with Gasteiger partial charge >= 0.3 is 0 Å². The van der Waals surface area contributed by atoms with E-state index in [1.165, 1.54) is 10.8 Å². The zero-order chi connectivity index (χ0) is 17.1. The Kier molecular flexibility index (Phi) is 4.39. The largest absolute Gasteiger partial charge is 0.387 e. The molecule has 1 aliphatic rings. The fourth-order valence-electron chi connectivity index (χ4n) is 3.24. The molecule has 2 aromatic carbocycles. The average Bonchev–Trinajstić information content (AvgIpc) is 2.68. The number of amidine groups is 1. The summed E-state index contributed by atoms with van der Waals surface area (Å²) in [7, 11) is 0. The number of nitrogens with zero attached hydrogens (tertiary/aromatic N) is 3. The third kappa shape index (κ3) is 3.51. The summed E-state index contributed by atoms with van der Waals surface area (Å²) in [5.74, 6) is 1.38. The Balaban J connectivity index is 1.64. The standard InChI is InChI=1S/C20H21N5/c21-19(15-7-10-22-11-8-15)25-20-23-12-9-18(24-20)17-6-5-14-3-1-2-4-16(14)13-17/h1-6,9,12-13,15,22H,7-8,10-11H2,(H2,21,23,24,25). The van der Waals surface area contributed by atoms with E-state index >= 15 is 0 Å². The molecule has 0 saturated carbocycles. The fraction of sp³-hybridized carbons (Fsp3) is 0.250. The van der Waals surface area contributed by atoms with Gasteiger partial charge in [0.2, 0.25) is 0 Å². The number of aromatic nitrogens is 2. The average molecular weight is 331 g/mol. The lowest BCUT2D eigenvalue weighted by molar-refractivity contribution is 0.454. The van der Waals surface area contributed by atoms with Crippen molar-refractivity contribution in [1.29, 1.82) is 0 Å². The van der Waals surface area contributed by atoms with Crippen LogP contribution in [0.4, 0.5) is 5.95 Å². The maximum absolute atomic E-state index is 6.19. The minimum Gasteiger partial charge on any atom is -0.387 e. The zero-order valence-corrected chi connectivity index (χ0v) is 14.0. The third-order valence-electron chi connectivity index (χ3n) is 4.67. The molecule has 1 saturated heterocycles. The molecule has 0 atom stereocenters. The van der Waals surface area contributed by atoms with Crippen LogP contribution in [0.3, 0.4) is 0 Å². The Morgan fingerprint density at radius 2 is 1.84 bits per heavy atom. The van der Waals surface area contributed by atoms with E-state index in [-0.39, 0.29) is 0 Å². The van der Waals surface area contributed by atoms with E-state index in [1.54, 1.807) is 6.20 Å². The Morgan fingerprint density at radius 3 is 2.68 bits per heavy atom. The Hall–Kier alpha value is -2.79. The fourth-order valence-corrected chi connectivity index (χ4v) is 3.24. The van der Waals surface area contributed by atoms with Gasteiger partial charge in [0.05, 0.1) is 5.69 Å². The molecule has 0 spiro atoms. The van der Waals surface area contributed by atoms with Crippen LogP contribution in [0.2, 0.25) is 0 Å². The molecule has 1 aliphatic heterocycles. The number of fused-ring (bicyclic) bond motifs is 1. The molecular formula is C20H21N5. The topological polar surface area (TPSA) is 76.2 Å². The first-order valence-electron chi connectivity index (χ1n) is 8.66. The first-order chi connectivity index (χ1) is 12.3. The van der Waals surface area contributed by atoms with Gasteiger partial charge in [0.1, 0.15) is 5.84 Å². The predicted molar refractivity (Wildman–Crippen MR) is 102 cm³/mol. The number of aliphatic imine (C=N–C) groups is 1. The van der Waals surface area contributed by atoms with Crippen LogP contribution in [0, 0.1) is 5.92 Å². The summed E-state index contributed by atoms with van der Waals surface area (Å²) in [6, 6.07) is 16.5. The summed E-state index contributed by atoms with van der Waals surface area (Å²) in [5.41, 5.74) is 8.10. The van der Waals surface area contributed by atoms with Crippen molar-refractivity contribution in [1.82, 2.24) is 15.3 Å². The lowest BCUT2D eigenvalue weighted by Gasteiger charge is -2.21. The van der Waals surface area contributed by atoms with Gasteiger partial charge in [0.15, 0.2) is 0 Å². The van der Waals surface area contributed by atoms with E-state index < -0.39 is 0 Å². The minimum absolute atomic E-state index is 0.314. The second kappa shape index (κ2) is 6.99. The molecule has 4 rings (SSSR count). The van der Waals surface area contributed by atoms with Crippen molar-refractivity contribution < 1.29 is 0 Å². The van der Waals surface area contributed by atoms with Crippen LogP contribution < -0.4 is 11.1 Å². The van der Waals surface area contributed by atoms with Gasteiger partial charge in [0, 0.05) is 17.7 Å². The van der Waals surface area contributed by atoms with Gasteiger partial charge < -0.3 is 11.1 Å². The highest BCUT2D eigenvalue weighted by atomic mass is 15.1. The summed E-state index contributed by atoms with van der Waals surface area (Å²) in [6.45, 7) is 1.97. The first kappa shape index (κ1) is 15.7. The molecule has 1 fully saturated rings. The van der Waals surface area contributed by atoms with Crippen molar-refractivity contribution in [3.63, 3.8) is 0 Å². The van der Waals surface area contributed by atoms with Crippen LogP contribution in [-0.2, 0) is 0 Å². The molecule has 0 aliphatic carbocycles. The summed E-state index contributed by atoms with van der Waals surface area (Å²) in [5, 5.41) is 5.75. The van der Waals surface area contributed by atoms with Crippen molar-refractivity contribution in [2.75, 3.05) is 13.1 Å². The number of benzene rings is 2. The van der Waals surface area contributed by atoms with E-state index in [4.69, 9.17) is 5.73 Å². The molecule has 3 N–H and O–H groups in total. The number of nitrogens with one attached hydrogen (secondary N) is 1. The van der Waals surface area contributed by atoms with Crippen LogP contribution in [0.25, 0.3) is 22.0 Å². The summed E-state index contributed by atoms with van der Waals surface area (Å²) in [4.78, 5) is 13.3. The van der Waals surface area contributed by atoms with Gasteiger partial charge in [-0.3, -0.25) is 0 Å². The molecule has 0 radical (unpaired) electrons. The van der Waals surface area contributed by atoms with Crippen molar-refractivity contribution in [2.24, 2.45) is 16.6 Å². The second-order valence-electron chi connectivity index (χ2n) is 6.36. The van der Waals surface area contributed by atoms with Gasteiger partial charge in [-0.25, -0.2) is 9.97 Å². The minimum atomic E-state index is 0.314. The van der Waals surface area contributed by atoms with E-state index in [0.29, 0.717) is 17.7 Å². The van der Waals surface area contributed by atoms with E-state index in [9.17, 15) is 0 Å². The van der Waals surface area contributed by atoms with E-state index in [2.05, 4.69) is 50.6 Å². The number of piperidine rings is 1. The summed E-state index contributed by atoms with van der Waals surface area (Å²) < 4.78 is 0. The van der Waals surface area contributed by atoms with Crippen molar-refractivity contribution >= 4 is 22.6 Å². The molecule has 126 valence electrons. The summed E-state index contributed by atoms with van der Waals surface area (Å²) >= 11 is 0. The number of hydrogen-bond acceptors (Lipinski definition) is 4. The van der Waals surface area contributed by atoms with Crippen LogP contribution in [0.5, 0.6) is 0 Å². The molecule has 5 nitrogen and oxygen atoms in total. The van der Waals surface area contributed by atoms with Crippen molar-refractivity contribution in [2.45, 2.75) is 12.8 Å². The number of rotatable bonds is 3. The van der Waals surface area contributed by atoms with Gasteiger partial charge in [-0.15, -0.1) is 0 Å². The molecule has 1 aromatic heterocycles. The zero-order valence-electron chi connectivity index (χ0n) is 14.0. The Bertz CT molecular complexity index is 913. The van der Waals surface area contributed by atoms with Crippen LogP contribution in [0.1, 0.15) is 12.8 Å². The van der Waals surface area contributed by atoms with Crippen LogP contribution >= 0.6 is 0 Å². The number of nitrogens with two attached hydrogens (primary N) is 1. The van der Waals surface area contributed by atoms with E-state index in [0.717, 1.165) is 37.2 Å². The molecule has 0 amide bonds. The monoisotopic (exact) mass is 331 g/mol. The third-order valence-corrected chi connectivity index (χ3v) is 4.67. The highest BCUT2D eigenvalue weighted by Gasteiger charge is 2.17. The van der Waals surface area contributed by atoms with E-state index in [1.807, 2.05) is 18.2 Å². The van der Waals surface area contributed by atoms with Crippen molar-refractivity contribution in [3.05, 3.63) is 54.7 Å². The quantitative estimate of drug-likeness (QED) is 0.570. The molecule has 0 bridgehead atoms. The highest BCUT2D eigenvalue weighted by molar-refractivity contribution is 5.87. The first-order valence-corrected chi connectivity index (χ1v) is 8.66. The molecule has 25 heavy (non-hydrogen) atoms. The van der Waals surface area contributed by atoms with Gasteiger partial charge in [-0.05, 0) is 48.8 Å². The molecule has 2 heterocycles. The predicted octanol–water partition coefficient (Wildman–Crippen LogP) is 3.29. The molecule has 5 heteroatoms. The Labute approximate surface area is 147 Å². The SMILES string of the molecule is NC(=Nc1nccc(-c2ccc3ccccc3c2)n1)C1CCNCC1. The Morgan fingerprint density at radius 1 is 1.04 bits per heavy atom. The lowest BCUT2D eigenvalue weighted by Crippen LogP contribution is -2.35. The normalized spacial score (nSPS) is 16.2. The van der Waals surface area contributed by atoms with Crippen LogP contribution in [-0.4, -0.2) is 28.9 Å². The maximum atomic E-state index is 6.19. The van der Waals surface area contributed by atoms with Gasteiger partial charge in [-0.1, -0.05) is 36.4 Å². The summed E-state index contributed by atoms with van der Waals surface area (Å²) in [6.07, 6.45) is 3.77. The van der Waals surface area contributed by atoms with Crippen molar-refractivity contribution in [3.8, 4) is 11.3 Å². The van der Waals surface area contributed by atoms with Gasteiger partial charge in [-0.2, -0.15) is 4.99 Å². The number of hydrogen-bond donors (Lipinski definition) is 2. The lowest BCUT2D eigenvalue weighted by atomic mass is 9.97. The van der Waals surface area contributed by atoms with Crippen LogP contribution in [0.15, 0.2) is 59.7 Å². The highest BCUT2D eigenvalue weighted by Crippen LogP contribution is 2.24. The smallest absolute Gasteiger partial charge is 0.251 e. The second-order valence-corrected chi connectivity index (χ2v) is 6.36. The molecule has 3 aromatic rings.